The Labute approximate surface area is 79.4 Å². The highest BCUT2D eigenvalue weighted by Crippen LogP contribution is 2.07. The Morgan fingerprint density at radius 1 is 1.38 bits per heavy atom. The van der Waals surface area contributed by atoms with Gasteiger partial charge in [-0.2, -0.15) is 0 Å². The largest absolute Gasteiger partial charge is 0.494 e. The summed E-state index contributed by atoms with van der Waals surface area (Å²) in [6.07, 6.45) is 1.82. The van der Waals surface area contributed by atoms with Crippen molar-refractivity contribution in [2.75, 3.05) is 0 Å². The first kappa shape index (κ1) is 9.59. The molecular formula is C12H14O. The summed E-state index contributed by atoms with van der Waals surface area (Å²) in [7, 11) is 0. The fourth-order valence-corrected chi connectivity index (χ4v) is 0.956. The first-order valence-corrected chi connectivity index (χ1v) is 4.22. The van der Waals surface area contributed by atoms with Gasteiger partial charge in [0.25, 0.3) is 0 Å². The minimum absolute atomic E-state index is 0.590. The van der Waals surface area contributed by atoms with Crippen molar-refractivity contribution in [3.05, 3.63) is 54.3 Å². The first-order valence-electron chi connectivity index (χ1n) is 4.22. The SMILES string of the molecule is C=Cc1ccc(COC(=C)C)cc1. The number of ether oxygens (including phenoxy) is 1. The van der Waals surface area contributed by atoms with Crippen LogP contribution in [-0.2, 0) is 11.3 Å². The molecule has 68 valence electrons. The minimum atomic E-state index is 0.590. The van der Waals surface area contributed by atoms with Crippen LogP contribution in [0.1, 0.15) is 18.1 Å². The maximum absolute atomic E-state index is 5.28. The molecule has 1 aromatic rings. The van der Waals surface area contributed by atoms with E-state index in [1.807, 2.05) is 37.3 Å². The van der Waals surface area contributed by atoms with E-state index in [0.717, 1.165) is 16.9 Å². The van der Waals surface area contributed by atoms with Crippen molar-refractivity contribution in [2.24, 2.45) is 0 Å². The number of hydrogen-bond acceptors (Lipinski definition) is 1. The van der Waals surface area contributed by atoms with Gasteiger partial charge in [-0.15, -0.1) is 0 Å². The van der Waals surface area contributed by atoms with E-state index in [1.54, 1.807) is 0 Å². The minimum Gasteiger partial charge on any atom is -0.494 e. The molecule has 13 heavy (non-hydrogen) atoms. The Kier molecular flexibility index (Phi) is 3.32. The number of hydrogen-bond donors (Lipinski definition) is 0. The summed E-state index contributed by atoms with van der Waals surface area (Å²) in [6, 6.07) is 8.09. The lowest BCUT2D eigenvalue weighted by Gasteiger charge is -2.04. The molecule has 0 saturated carbocycles. The Morgan fingerprint density at radius 3 is 2.46 bits per heavy atom. The van der Waals surface area contributed by atoms with Gasteiger partial charge < -0.3 is 4.74 Å². The second-order valence-electron chi connectivity index (χ2n) is 2.94. The molecule has 1 rings (SSSR count). The van der Waals surface area contributed by atoms with Crippen LogP contribution in [-0.4, -0.2) is 0 Å². The van der Waals surface area contributed by atoms with Crippen molar-refractivity contribution in [1.29, 1.82) is 0 Å². The van der Waals surface area contributed by atoms with Crippen LogP contribution in [0.5, 0.6) is 0 Å². The summed E-state index contributed by atoms with van der Waals surface area (Å²) < 4.78 is 5.28. The van der Waals surface area contributed by atoms with E-state index in [-0.39, 0.29) is 0 Å². The van der Waals surface area contributed by atoms with Crippen LogP contribution in [0, 0.1) is 0 Å². The third-order valence-electron chi connectivity index (χ3n) is 1.70. The van der Waals surface area contributed by atoms with Crippen molar-refractivity contribution < 1.29 is 4.74 Å². The highest BCUT2D eigenvalue weighted by molar-refractivity contribution is 5.47. The van der Waals surface area contributed by atoms with Crippen molar-refractivity contribution in [2.45, 2.75) is 13.5 Å². The molecule has 0 heterocycles. The van der Waals surface area contributed by atoms with Crippen molar-refractivity contribution in [3.8, 4) is 0 Å². The molecule has 0 unspecified atom stereocenters. The fourth-order valence-electron chi connectivity index (χ4n) is 0.956. The number of rotatable bonds is 4. The molecule has 0 aliphatic rings. The van der Waals surface area contributed by atoms with Gasteiger partial charge in [0, 0.05) is 0 Å². The maximum atomic E-state index is 5.28. The van der Waals surface area contributed by atoms with Gasteiger partial charge in [-0.05, 0) is 18.1 Å². The van der Waals surface area contributed by atoms with E-state index in [4.69, 9.17) is 4.74 Å². The molecule has 1 aromatic carbocycles. The molecule has 0 radical (unpaired) electrons. The zero-order valence-corrected chi connectivity index (χ0v) is 7.92. The van der Waals surface area contributed by atoms with Crippen molar-refractivity contribution in [1.82, 2.24) is 0 Å². The lowest BCUT2D eigenvalue weighted by molar-refractivity contribution is 0.202. The first-order chi connectivity index (χ1) is 6.22. The zero-order chi connectivity index (χ0) is 9.68. The average molecular weight is 174 g/mol. The predicted octanol–water partition coefficient (Wildman–Crippen LogP) is 3.38. The molecule has 1 nitrogen and oxygen atoms in total. The summed E-state index contributed by atoms with van der Waals surface area (Å²) in [5.41, 5.74) is 2.27. The van der Waals surface area contributed by atoms with Crippen LogP contribution in [0.4, 0.5) is 0 Å². The quantitative estimate of drug-likeness (QED) is 0.636. The van der Waals surface area contributed by atoms with Gasteiger partial charge in [-0.25, -0.2) is 0 Å². The molecule has 0 amide bonds. The summed E-state index contributed by atoms with van der Waals surface area (Å²) in [4.78, 5) is 0. The zero-order valence-electron chi connectivity index (χ0n) is 7.92. The summed E-state index contributed by atoms with van der Waals surface area (Å²) in [5, 5.41) is 0. The number of benzene rings is 1. The van der Waals surface area contributed by atoms with Crippen LogP contribution < -0.4 is 0 Å². The second kappa shape index (κ2) is 4.51. The molecule has 0 aliphatic carbocycles. The van der Waals surface area contributed by atoms with E-state index in [9.17, 15) is 0 Å². The van der Waals surface area contributed by atoms with E-state index in [2.05, 4.69) is 13.2 Å². The van der Waals surface area contributed by atoms with Crippen molar-refractivity contribution in [3.63, 3.8) is 0 Å². The van der Waals surface area contributed by atoms with Crippen LogP contribution in [0.2, 0.25) is 0 Å². The van der Waals surface area contributed by atoms with Crippen LogP contribution >= 0.6 is 0 Å². The Morgan fingerprint density at radius 2 is 2.00 bits per heavy atom. The molecule has 0 fully saturated rings. The normalized spacial score (nSPS) is 9.31. The molecule has 0 bridgehead atoms. The topological polar surface area (TPSA) is 9.23 Å². The van der Waals surface area contributed by atoms with Crippen LogP contribution in [0.25, 0.3) is 6.08 Å². The Bertz CT molecular complexity index is 295. The highest BCUT2D eigenvalue weighted by Gasteiger charge is 1.92. The molecule has 0 spiro atoms. The van der Waals surface area contributed by atoms with Gasteiger partial charge >= 0.3 is 0 Å². The maximum Gasteiger partial charge on any atom is 0.113 e. The summed E-state index contributed by atoms with van der Waals surface area (Å²) in [6.45, 7) is 9.79. The monoisotopic (exact) mass is 174 g/mol. The summed E-state index contributed by atoms with van der Waals surface area (Å²) >= 11 is 0. The van der Waals surface area contributed by atoms with E-state index in [0.29, 0.717) is 6.61 Å². The van der Waals surface area contributed by atoms with Crippen LogP contribution in [0.15, 0.2) is 43.2 Å². The predicted molar refractivity (Wildman–Crippen MR) is 56.1 cm³/mol. The van der Waals surface area contributed by atoms with E-state index >= 15 is 0 Å². The van der Waals surface area contributed by atoms with E-state index < -0.39 is 0 Å². The molecule has 0 atom stereocenters. The molecule has 0 saturated heterocycles. The van der Waals surface area contributed by atoms with Gasteiger partial charge in [0.15, 0.2) is 0 Å². The summed E-state index contributed by atoms with van der Waals surface area (Å²) in [5.74, 6) is 0.743. The highest BCUT2D eigenvalue weighted by atomic mass is 16.5. The van der Waals surface area contributed by atoms with E-state index in [1.165, 1.54) is 0 Å². The van der Waals surface area contributed by atoms with Crippen LogP contribution in [0.3, 0.4) is 0 Å². The lowest BCUT2D eigenvalue weighted by Crippen LogP contribution is -1.89. The van der Waals surface area contributed by atoms with Gasteiger partial charge in [0.2, 0.25) is 0 Å². The Hall–Kier alpha value is -1.50. The molecular weight excluding hydrogens is 160 g/mol. The lowest BCUT2D eigenvalue weighted by atomic mass is 10.1. The molecule has 0 N–H and O–H groups in total. The molecule has 0 aliphatic heterocycles. The number of allylic oxidation sites excluding steroid dienone is 1. The Balaban J connectivity index is 2.59. The molecule has 0 aromatic heterocycles. The van der Waals surface area contributed by atoms with Gasteiger partial charge in [-0.1, -0.05) is 43.5 Å². The third-order valence-corrected chi connectivity index (χ3v) is 1.70. The third kappa shape index (κ3) is 3.16. The second-order valence-corrected chi connectivity index (χ2v) is 2.94. The molecule has 1 heteroatoms. The standard InChI is InChI=1S/C12H14O/c1-4-11-5-7-12(8-6-11)9-13-10(2)3/h4-8H,1-2,9H2,3H3. The van der Waals surface area contributed by atoms with Gasteiger partial charge in [0.05, 0.1) is 5.76 Å². The van der Waals surface area contributed by atoms with Gasteiger partial charge in [-0.3, -0.25) is 0 Å². The van der Waals surface area contributed by atoms with Gasteiger partial charge in [0.1, 0.15) is 6.61 Å². The smallest absolute Gasteiger partial charge is 0.113 e. The van der Waals surface area contributed by atoms with Crippen molar-refractivity contribution >= 4 is 6.08 Å². The fraction of sp³-hybridized carbons (Fsp3) is 0.167. The average Bonchev–Trinajstić information content (AvgIpc) is 2.15.